The van der Waals surface area contributed by atoms with Crippen molar-refractivity contribution >= 4 is 5.97 Å². The van der Waals surface area contributed by atoms with Gasteiger partial charge >= 0.3 is 5.97 Å². The fourth-order valence-electron chi connectivity index (χ4n) is 6.94. The van der Waals surface area contributed by atoms with E-state index in [9.17, 15) is 14.3 Å². The normalized spacial score (nSPS) is 24.8. The quantitative estimate of drug-likeness (QED) is 0.389. The van der Waals surface area contributed by atoms with Crippen molar-refractivity contribution in [3.05, 3.63) is 70.8 Å². The fourth-order valence-corrected chi connectivity index (χ4v) is 6.94. The van der Waals surface area contributed by atoms with Crippen molar-refractivity contribution in [2.45, 2.75) is 70.3 Å². The van der Waals surface area contributed by atoms with Gasteiger partial charge < -0.3 is 14.6 Å². The molecule has 3 aromatic rings. The van der Waals surface area contributed by atoms with E-state index in [0.29, 0.717) is 30.4 Å². The number of benzene rings is 1. The molecule has 3 atom stereocenters. The fraction of sp³-hybridized carbons (Fsp3) is 0.452. The summed E-state index contributed by atoms with van der Waals surface area (Å²) in [7, 11) is 1.53. The zero-order chi connectivity index (χ0) is 26.7. The van der Waals surface area contributed by atoms with Crippen LogP contribution < -0.4 is 9.47 Å². The molecular weight excluding hydrogens is 483 g/mol. The van der Waals surface area contributed by atoms with Crippen LogP contribution in [0.3, 0.4) is 0 Å². The number of aliphatic carboxylic acids is 1. The van der Waals surface area contributed by atoms with E-state index in [1.54, 1.807) is 6.07 Å². The molecule has 0 aliphatic heterocycles. The minimum atomic E-state index is -0.720. The first-order valence-electron chi connectivity index (χ1n) is 13.4. The number of ether oxygens (including phenoxy) is 2. The van der Waals surface area contributed by atoms with Gasteiger partial charge in [-0.3, -0.25) is 4.79 Å². The van der Waals surface area contributed by atoms with E-state index in [-0.39, 0.29) is 28.5 Å². The zero-order valence-corrected chi connectivity index (χ0v) is 22.1. The Labute approximate surface area is 222 Å². The molecular formula is C31H33FN2O4. The molecule has 7 heteroatoms. The summed E-state index contributed by atoms with van der Waals surface area (Å²) >= 11 is 0. The minimum Gasteiger partial charge on any atom is -0.481 e. The summed E-state index contributed by atoms with van der Waals surface area (Å²) < 4.78 is 26.4. The summed E-state index contributed by atoms with van der Waals surface area (Å²) in [5.41, 5.74) is 5.52. The molecule has 1 N–H and O–H groups in total. The maximum Gasteiger partial charge on any atom is 0.307 e. The van der Waals surface area contributed by atoms with Gasteiger partial charge in [0.2, 0.25) is 11.8 Å². The molecule has 6 nitrogen and oxygen atoms in total. The molecule has 3 aliphatic carbocycles. The number of carboxylic acids is 1. The van der Waals surface area contributed by atoms with Gasteiger partial charge in [0.15, 0.2) is 0 Å². The molecule has 0 bridgehead atoms. The number of hydrogen-bond donors (Lipinski definition) is 1. The van der Waals surface area contributed by atoms with E-state index in [2.05, 4.69) is 29.9 Å². The lowest BCUT2D eigenvalue weighted by Crippen LogP contribution is -2.17. The predicted molar refractivity (Wildman–Crippen MR) is 141 cm³/mol. The predicted octanol–water partition coefficient (Wildman–Crippen LogP) is 6.45. The monoisotopic (exact) mass is 516 g/mol. The minimum absolute atomic E-state index is 0.0998. The van der Waals surface area contributed by atoms with Crippen LogP contribution in [0.4, 0.5) is 4.39 Å². The van der Waals surface area contributed by atoms with Gasteiger partial charge in [-0.2, -0.15) is 0 Å². The molecule has 1 aromatic carbocycles. The van der Waals surface area contributed by atoms with Crippen molar-refractivity contribution in [1.82, 2.24) is 9.97 Å². The van der Waals surface area contributed by atoms with Crippen LogP contribution in [0, 0.1) is 17.2 Å². The summed E-state index contributed by atoms with van der Waals surface area (Å²) in [5.74, 6) is -0.219. The Hall–Kier alpha value is -3.48. The Balaban J connectivity index is 1.30. The number of pyridine rings is 2. The Morgan fingerprint density at radius 1 is 1.11 bits per heavy atom. The van der Waals surface area contributed by atoms with E-state index < -0.39 is 5.97 Å². The summed E-state index contributed by atoms with van der Waals surface area (Å²) in [6, 6.07) is 9.71. The molecule has 0 amide bonds. The first kappa shape index (κ1) is 24.8. The number of carbonyl (C=O) groups is 1. The van der Waals surface area contributed by atoms with Crippen LogP contribution in [0.2, 0.25) is 0 Å². The van der Waals surface area contributed by atoms with Gasteiger partial charge in [0.05, 0.1) is 19.2 Å². The highest BCUT2D eigenvalue weighted by molar-refractivity contribution is 5.78. The molecule has 0 saturated heterocycles. The lowest BCUT2D eigenvalue weighted by Gasteiger charge is -2.30. The molecule has 0 radical (unpaired) electrons. The van der Waals surface area contributed by atoms with E-state index in [0.717, 1.165) is 59.9 Å². The molecule has 3 aliphatic rings. The molecule has 6 rings (SSSR count). The van der Waals surface area contributed by atoms with Crippen molar-refractivity contribution in [3.63, 3.8) is 0 Å². The molecule has 198 valence electrons. The highest BCUT2D eigenvalue weighted by Crippen LogP contribution is 2.61. The van der Waals surface area contributed by atoms with Gasteiger partial charge in [-0.05, 0) is 71.3 Å². The lowest BCUT2D eigenvalue weighted by atomic mass is 9.75. The summed E-state index contributed by atoms with van der Waals surface area (Å²) in [5, 5.41) is 9.55. The molecule has 2 fully saturated rings. The Morgan fingerprint density at radius 2 is 1.92 bits per heavy atom. The van der Waals surface area contributed by atoms with Crippen molar-refractivity contribution in [2.24, 2.45) is 11.3 Å². The van der Waals surface area contributed by atoms with Crippen LogP contribution >= 0.6 is 0 Å². The third-order valence-corrected chi connectivity index (χ3v) is 9.18. The third kappa shape index (κ3) is 4.12. The van der Waals surface area contributed by atoms with Gasteiger partial charge in [0.25, 0.3) is 0 Å². The van der Waals surface area contributed by atoms with Gasteiger partial charge in [0, 0.05) is 29.3 Å². The summed E-state index contributed by atoms with van der Waals surface area (Å²) in [4.78, 5) is 20.1. The van der Waals surface area contributed by atoms with Crippen molar-refractivity contribution in [1.29, 1.82) is 0 Å². The maximum atomic E-state index is 15.0. The zero-order valence-electron chi connectivity index (χ0n) is 22.1. The summed E-state index contributed by atoms with van der Waals surface area (Å²) in [6.45, 7) is 4.89. The smallest absolute Gasteiger partial charge is 0.307 e. The SMILES string of the molecule is COc1cc(-c2ccc(COc3cc4c(cn3)CC[C@]43C[C@H]3C(=O)O)cc2[C@@H]2CCCC2(C)C)c(F)cn1. The Kier molecular flexibility index (Phi) is 5.93. The number of aromatic nitrogens is 2. The van der Waals surface area contributed by atoms with Gasteiger partial charge in [0.1, 0.15) is 12.4 Å². The standard InChI is InChI=1S/C31H33FN2O4/c1-30(2)9-4-5-23(30)21-11-18(6-7-20(21)22-12-27(37-3)34-16-26(22)32)17-38-28-13-24-19(15-33-28)8-10-31(24)14-25(31)29(35)36/h6-7,11-13,15-16,23,25H,4-5,8-10,14,17H2,1-3H3,(H,35,36)/t23-,25-,31-/m0/s1. The van der Waals surface area contributed by atoms with Crippen LogP contribution in [0.25, 0.3) is 11.1 Å². The number of aryl methyl sites for hydroxylation is 1. The van der Waals surface area contributed by atoms with Crippen LogP contribution in [-0.4, -0.2) is 28.2 Å². The van der Waals surface area contributed by atoms with Gasteiger partial charge in [-0.1, -0.05) is 38.5 Å². The highest BCUT2D eigenvalue weighted by atomic mass is 19.1. The highest BCUT2D eigenvalue weighted by Gasteiger charge is 2.62. The van der Waals surface area contributed by atoms with E-state index in [4.69, 9.17) is 9.47 Å². The molecule has 38 heavy (non-hydrogen) atoms. The number of methoxy groups -OCH3 is 1. The maximum absolute atomic E-state index is 15.0. The first-order valence-corrected chi connectivity index (χ1v) is 13.4. The number of fused-ring (bicyclic) bond motifs is 2. The average Bonchev–Trinajstić information content (AvgIpc) is 3.39. The number of carboxylic acid groups (broad SMARTS) is 1. The molecule has 2 aromatic heterocycles. The lowest BCUT2D eigenvalue weighted by molar-refractivity contribution is -0.139. The Bertz CT molecular complexity index is 1420. The van der Waals surface area contributed by atoms with E-state index in [1.165, 1.54) is 13.3 Å². The largest absolute Gasteiger partial charge is 0.481 e. The van der Waals surface area contributed by atoms with Crippen LogP contribution in [0.1, 0.15) is 74.1 Å². The average molecular weight is 517 g/mol. The van der Waals surface area contributed by atoms with Crippen molar-refractivity contribution in [3.8, 4) is 22.9 Å². The second kappa shape index (κ2) is 9.07. The van der Waals surface area contributed by atoms with Crippen LogP contribution in [0.15, 0.2) is 42.7 Å². The topological polar surface area (TPSA) is 81.5 Å². The first-order chi connectivity index (χ1) is 18.2. The van der Waals surface area contributed by atoms with Crippen molar-refractivity contribution < 1.29 is 23.8 Å². The van der Waals surface area contributed by atoms with Crippen LogP contribution in [0.5, 0.6) is 11.8 Å². The number of rotatable bonds is 7. The molecule has 0 unspecified atom stereocenters. The Morgan fingerprint density at radius 3 is 2.63 bits per heavy atom. The van der Waals surface area contributed by atoms with Gasteiger partial charge in [-0.25, -0.2) is 14.4 Å². The van der Waals surface area contributed by atoms with E-state index in [1.807, 2.05) is 24.4 Å². The molecule has 1 spiro atoms. The number of nitrogens with zero attached hydrogens (tertiary/aromatic N) is 2. The molecule has 2 saturated carbocycles. The van der Waals surface area contributed by atoms with Gasteiger partial charge in [-0.15, -0.1) is 0 Å². The molecule has 2 heterocycles. The number of halogens is 1. The van der Waals surface area contributed by atoms with Crippen LogP contribution in [-0.2, 0) is 23.2 Å². The third-order valence-electron chi connectivity index (χ3n) is 9.18. The second-order valence-electron chi connectivity index (χ2n) is 11.8. The summed E-state index contributed by atoms with van der Waals surface area (Å²) in [6.07, 6.45) is 8.79. The second-order valence-corrected chi connectivity index (χ2v) is 11.8. The van der Waals surface area contributed by atoms with E-state index >= 15 is 0 Å². The van der Waals surface area contributed by atoms with Crippen molar-refractivity contribution in [2.75, 3.05) is 7.11 Å². The number of hydrogen-bond acceptors (Lipinski definition) is 5.